The molecule has 2 amide bonds. The first-order chi connectivity index (χ1) is 14.6. The van der Waals surface area contributed by atoms with Crippen LogP contribution in [-0.2, 0) is 22.6 Å². The van der Waals surface area contributed by atoms with Crippen LogP contribution in [0.25, 0.3) is 10.8 Å². The first kappa shape index (κ1) is 19.7. The zero-order chi connectivity index (χ0) is 20.9. The number of nitrogens with one attached hydrogen (secondary N) is 2. The molecule has 0 aromatic heterocycles. The molecule has 30 heavy (non-hydrogen) atoms. The minimum Gasteiger partial charge on any atom is -0.454 e. The summed E-state index contributed by atoms with van der Waals surface area (Å²) in [6.07, 6.45) is 0.118. The van der Waals surface area contributed by atoms with Crippen LogP contribution in [0, 0.1) is 0 Å². The molecule has 4 rings (SSSR count). The Kier molecular flexibility index (Phi) is 5.81. The molecular weight excluding hydrogens is 384 g/mol. The Morgan fingerprint density at radius 2 is 1.80 bits per heavy atom. The molecule has 1 aliphatic rings. The molecule has 1 aliphatic heterocycles. The number of carbonyl (C=O) groups is 2. The Labute approximate surface area is 173 Å². The lowest BCUT2D eigenvalue weighted by Crippen LogP contribution is -2.49. The van der Waals surface area contributed by atoms with Crippen molar-refractivity contribution in [3.8, 4) is 11.5 Å². The summed E-state index contributed by atoms with van der Waals surface area (Å²) in [7, 11) is 0. The molecule has 0 unspecified atom stereocenters. The van der Waals surface area contributed by atoms with Crippen LogP contribution in [0.1, 0.15) is 11.1 Å². The van der Waals surface area contributed by atoms with Crippen LogP contribution >= 0.6 is 0 Å². The van der Waals surface area contributed by atoms with Crippen LogP contribution in [0.3, 0.4) is 0 Å². The van der Waals surface area contributed by atoms with Crippen LogP contribution in [0.15, 0.2) is 60.7 Å². The molecule has 0 radical (unpaired) electrons. The third-order valence-electron chi connectivity index (χ3n) is 4.97. The quantitative estimate of drug-likeness (QED) is 0.557. The van der Waals surface area contributed by atoms with E-state index in [1.165, 1.54) is 0 Å². The van der Waals surface area contributed by atoms with E-state index in [4.69, 9.17) is 9.47 Å². The number of amides is 2. The summed E-state index contributed by atoms with van der Waals surface area (Å²) in [6, 6.07) is 17.9. The molecule has 0 saturated heterocycles. The van der Waals surface area contributed by atoms with Gasteiger partial charge in [-0.05, 0) is 34.0 Å². The van der Waals surface area contributed by atoms with Crippen molar-refractivity contribution in [1.82, 2.24) is 10.6 Å². The molecule has 154 valence electrons. The summed E-state index contributed by atoms with van der Waals surface area (Å²) in [6.45, 7) is -0.0696. The number of ether oxygens (including phenoxy) is 2. The van der Waals surface area contributed by atoms with Gasteiger partial charge in [0.2, 0.25) is 18.6 Å². The average molecular weight is 406 g/mol. The normalized spacial score (nSPS) is 13.1. The molecule has 0 fully saturated rings. The van der Waals surface area contributed by atoms with Gasteiger partial charge < -0.3 is 25.2 Å². The van der Waals surface area contributed by atoms with Gasteiger partial charge in [-0.3, -0.25) is 9.59 Å². The Morgan fingerprint density at radius 3 is 2.67 bits per heavy atom. The number of aliphatic hydroxyl groups is 1. The topological polar surface area (TPSA) is 96.9 Å². The third-order valence-corrected chi connectivity index (χ3v) is 4.97. The molecule has 3 aromatic carbocycles. The molecule has 3 aromatic rings. The number of aliphatic hydroxyl groups excluding tert-OH is 1. The minimum atomic E-state index is -1.03. The zero-order valence-corrected chi connectivity index (χ0v) is 16.3. The molecule has 1 atom stereocenters. The van der Waals surface area contributed by atoms with Crippen molar-refractivity contribution in [2.75, 3.05) is 13.4 Å². The van der Waals surface area contributed by atoms with E-state index in [2.05, 4.69) is 10.6 Å². The maximum absolute atomic E-state index is 12.5. The molecule has 0 aliphatic carbocycles. The van der Waals surface area contributed by atoms with Crippen LogP contribution in [0.2, 0.25) is 0 Å². The number of fused-ring (bicyclic) bond motifs is 2. The predicted molar refractivity (Wildman–Crippen MR) is 111 cm³/mol. The number of hydrogen-bond acceptors (Lipinski definition) is 5. The standard InChI is InChI=1S/C23H22N2O5/c26-13-19(23(28)24-12-15-8-9-20-21(10-15)30-14-29-20)25-22(27)11-17-6-3-5-16-4-1-2-7-18(16)17/h1-10,19,26H,11-14H2,(H,24,28)(H,25,27)/t19-/m0/s1. The second-order valence-electron chi connectivity index (χ2n) is 7.02. The highest BCUT2D eigenvalue weighted by Gasteiger charge is 2.20. The van der Waals surface area contributed by atoms with Gasteiger partial charge >= 0.3 is 0 Å². The molecular formula is C23H22N2O5. The molecule has 7 nitrogen and oxygen atoms in total. The second-order valence-corrected chi connectivity index (χ2v) is 7.02. The van der Waals surface area contributed by atoms with Gasteiger partial charge in [0.15, 0.2) is 11.5 Å². The van der Waals surface area contributed by atoms with E-state index >= 15 is 0 Å². The Bertz CT molecular complexity index is 1080. The third kappa shape index (κ3) is 4.36. The number of carbonyl (C=O) groups excluding carboxylic acids is 2. The predicted octanol–water partition coefficient (Wildman–Crippen LogP) is 1.90. The van der Waals surface area contributed by atoms with Crippen molar-refractivity contribution in [3.05, 3.63) is 71.8 Å². The van der Waals surface area contributed by atoms with E-state index in [0.717, 1.165) is 21.9 Å². The highest BCUT2D eigenvalue weighted by molar-refractivity contribution is 5.92. The lowest BCUT2D eigenvalue weighted by molar-refractivity contribution is -0.129. The van der Waals surface area contributed by atoms with E-state index in [1.54, 1.807) is 12.1 Å². The zero-order valence-electron chi connectivity index (χ0n) is 16.3. The first-order valence-electron chi connectivity index (χ1n) is 9.67. The first-order valence-corrected chi connectivity index (χ1v) is 9.67. The summed E-state index contributed by atoms with van der Waals surface area (Å²) >= 11 is 0. The van der Waals surface area contributed by atoms with Crippen LogP contribution in [-0.4, -0.2) is 36.4 Å². The molecule has 0 saturated carbocycles. The fourth-order valence-electron chi connectivity index (χ4n) is 3.42. The highest BCUT2D eigenvalue weighted by atomic mass is 16.7. The number of rotatable bonds is 7. The Balaban J connectivity index is 1.35. The lowest BCUT2D eigenvalue weighted by atomic mass is 10.0. The van der Waals surface area contributed by atoms with Crippen molar-refractivity contribution >= 4 is 22.6 Å². The SMILES string of the molecule is O=C(Cc1cccc2ccccc12)N[C@@H](CO)C(=O)NCc1ccc2c(c1)OCO2. The summed E-state index contributed by atoms with van der Waals surface area (Å²) in [5.41, 5.74) is 1.69. The van der Waals surface area contributed by atoms with Gasteiger partial charge in [0.25, 0.3) is 0 Å². The number of benzene rings is 3. The van der Waals surface area contributed by atoms with Crippen LogP contribution < -0.4 is 20.1 Å². The Morgan fingerprint density at radius 1 is 1.00 bits per heavy atom. The van der Waals surface area contributed by atoms with Gasteiger partial charge in [0, 0.05) is 6.54 Å². The van der Waals surface area contributed by atoms with Gasteiger partial charge in [-0.1, -0.05) is 48.5 Å². The fourth-order valence-corrected chi connectivity index (χ4v) is 3.42. The average Bonchev–Trinajstić information content (AvgIpc) is 3.24. The molecule has 0 bridgehead atoms. The minimum absolute atomic E-state index is 0.118. The molecule has 7 heteroatoms. The second kappa shape index (κ2) is 8.84. The van der Waals surface area contributed by atoms with E-state index in [0.29, 0.717) is 11.5 Å². The summed E-state index contributed by atoms with van der Waals surface area (Å²) < 4.78 is 10.6. The molecule has 3 N–H and O–H groups in total. The summed E-state index contributed by atoms with van der Waals surface area (Å²) in [4.78, 5) is 24.9. The maximum atomic E-state index is 12.5. The van der Waals surface area contributed by atoms with E-state index < -0.39 is 18.6 Å². The molecule has 1 heterocycles. The summed E-state index contributed by atoms with van der Waals surface area (Å²) in [5, 5.41) is 17.0. The van der Waals surface area contributed by atoms with Gasteiger partial charge in [-0.2, -0.15) is 0 Å². The van der Waals surface area contributed by atoms with Crippen LogP contribution in [0.4, 0.5) is 0 Å². The van der Waals surface area contributed by atoms with Crippen LogP contribution in [0.5, 0.6) is 11.5 Å². The van der Waals surface area contributed by atoms with E-state index in [-0.39, 0.29) is 25.7 Å². The van der Waals surface area contributed by atoms with Crippen molar-refractivity contribution in [3.63, 3.8) is 0 Å². The van der Waals surface area contributed by atoms with Gasteiger partial charge in [0.1, 0.15) is 6.04 Å². The maximum Gasteiger partial charge on any atom is 0.245 e. The fraction of sp³-hybridized carbons (Fsp3) is 0.217. The van der Waals surface area contributed by atoms with E-state index in [9.17, 15) is 14.7 Å². The molecule has 0 spiro atoms. The highest BCUT2D eigenvalue weighted by Crippen LogP contribution is 2.32. The van der Waals surface area contributed by atoms with Gasteiger partial charge in [-0.15, -0.1) is 0 Å². The summed E-state index contributed by atoms with van der Waals surface area (Å²) in [5.74, 6) is 0.507. The Hall–Kier alpha value is -3.58. The number of hydrogen-bond donors (Lipinski definition) is 3. The van der Waals surface area contributed by atoms with Gasteiger partial charge in [0.05, 0.1) is 13.0 Å². The van der Waals surface area contributed by atoms with Crippen molar-refractivity contribution in [2.24, 2.45) is 0 Å². The smallest absolute Gasteiger partial charge is 0.245 e. The van der Waals surface area contributed by atoms with Gasteiger partial charge in [-0.25, -0.2) is 0 Å². The monoisotopic (exact) mass is 406 g/mol. The van der Waals surface area contributed by atoms with E-state index in [1.807, 2.05) is 48.5 Å². The lowest BCUT2D eigenvalue weighted by Gasteiger charge is -2.17. The van der Waals surface area contributed by atoms with Crippen molar-refractivity contribution in [2.45, 2.75) is 19.0 Å². The van der Waals surface area contributed by atoms with Crippen molar-refractivity contribution < 1.29 is 24.2 Å². The van der Waals surface area contributed by atoms with Crippen molar-refractivity contribution in [1.29, 1.82) is 0 Å². The largest absolute Gasteiger partial charge is 0.454 e.